The molecule has 0 unspecified atom stereocenters. The molecule has 1 heterocycles. The van der Waals surface area contributed by atoms with Crippen molar-refractivity contribution in [2.24, 2.45) is 0 Å². The summed E-state index contributed by atoms with van der Waals surface area (Å²) in [4.78, 5) is 16.1. The highest BCUT2D eigenvalue weighted by Crippen LogP contribution is 2.21. The van der Waals surface area contributed by atoms with Gasteiger partial charge in [0.15, 0.2) is 5.78 Å². The minimum absolute atomic E-state index is 0.229. The van der Waals surface area contributed by atoms with Crippen molar-refractivity contribution in [3.8, 4) is 0 Å². The molecule has 0 saturated carbocycles. The predicted octanol–water partition coefficient (Wildman–Crippen LogP) is 2.12. The number of carbonyl (C=O) groups is 1. The van der Waals surface area contributed by atoms with E-state index >= 15 is 0 Å². The van der Waals surface area contributed by atoms with Gasteiger partial charge in [0.05, 0.1) is 0 Å². The number of hydrogen-bond acceptors (Lipinski definition) is 2. The van der Waals surface area contributed by atoms with Crippen LogP contribution in [-0.4, -0.2) is 15.3 Å². The molecule has 0 atom stereocenters. The second kappa shape index (κ2) is 3.56. The maximum atomic E-state index is 11.7. The van der Waals surface area contributed by atoms with Crippen LogP contribution in [0.25, 0.3) is 0 Å². The van der Waals surface area contributed by atoms with E-state index in [2.05, 4.69) is 16.5 Å². The molecule has 0 amide bonds. The first-order valence-corrected chi connectivity index (χ1v) is 5.33. The van der Waals surface area contributed by atoms with Gasteiger partial charge in [0, 0.05) is 18.7 Å². The fraction of sp³-hybridized carbons (Fsp3) is 0.636. The highest BCUT2D eigenvalue weighted by Gasteiger charge is 2.21. The second-order valence-electron chi connectivity index (χ2n) is 3.83. The largest absolute Gasteiger partial charge is 0.332 e. The second-order valence-corrected chi connectivity index (χ2v) is 3.83. The van der Waals surface area contributed by atoms with E-state index in [-0.39, 0.29) is 5.78 Å². The van der Waals surface area contributed by atoms with Crippen LogP contribution in [0.15, 0.2) is 0 Å². The number of rotatable bonds is 1. The Labute approximate surface area is 84.1 Å². The number of aryl methyl sites for hydroxylation is 1. The first-order chi connectivity index (χ1) is 6.74. The molecule has 2 rings (SSSR count). The van der Waals surface area contributed by atoms with Gasteiger partial charge in [-0.2, -0.15) is 0 Å². The third-order valence-electron chi connectivity index (χ3n) is 2.91. The van der Waals surface area contributed by atoms with Crippen LogP contribution in [0.3, 0.4) is 0 Å². The summed E-state index contributed by atoms with van der Waals surface area (Å²) in [7, 11) is 0. The molecule has 1 aromatic heterocycles. The van der Waals surface area contributed by atoms with Crippen LogP contribution in [0.2, 0.25) is 0 Å². The molecule has 0 radical (unpaired) electrons. The average molecular weight is 192 g/mol. The number of imidazole rings is 1. The van der Waals surface area contributed by atoms with Crippen LogP contribution in [-0.2, 0) is 13.0 Å². The molecule has 0 spiro atoms. The van der Waals surface area contributed by atoms with Gasteiger partial charge < -0.3 is 4.57 Å². The van der Waals surface area contributed by atoms with E-state index in [1.165, 1.54) is 0 Å². The third-order valence-corrected chi connectivity index (χ3v) is 2.91. The number of aromatic nitrogens is 2. The molecule has 0 bridgehead atoms. The van der Waals surface area contributed by atoms with Gasteiger partial charge in [-0.25, -0.2) is 4.98 Å². The van der Waals surface area contributed by atoms with E-state index in [9.17, 15) is 4.79 Å². The Bertz CT molecular complexity index is 366. The number of ketones is 1. The summed E-state index contributed by atoms with van der Waals surface area (Å²) in [6.45, 7) is 5.00. The van der Waals surface area contributed by atoms with E-state index in [1.54, 1.807) is 0 Å². The predicted molar refractivity (Wildman–Crippen MR) is 54.5 cm³/mol. The molecule has 1 aliphatic carbocycles. The molecular weight excluding hydrogens is 176 g/mol. The molecule has 3 nitrogen and oxygen atoms in total. The molecule has 3 heteroatoms. The summed E-state index contributed by atoms with van der Waals surface area (Å²) in [6, 6.07) is 0. The zero-order valence-electron chi connectivity index (χ0n) is 8.84. The molecule has 76 valence electrons. The molecule has 0 aliphatic heterocycles. The van der Waals surface area contributed by atoms with Crippen LogP contribution < -0.4 is 0 Å². The smallest absolute Gasteiger partial charge is 0.183 e. The normalized spacial score (nSPS) is 16.6. The van der Waals surface area contributed by atoms with Crippen molar-refractivity contribution < 1.29 is 4.79 Å². The van der Waals surface area contributed by atoms with Crippen molar-refractivity contribution in [2.45, 2.75) is 46.1 Å². The molecule has 1 aromatic rings. The highest BCUT2D eigenvalue weighted by molar-refractivity contribution is 5.95. The Kier molecular flexibility index (Phi) is 2.40. The lowest BCUT2D eigenvalue weighted by atomic mass is 10.2. The Morgan fingerprint density at radius 2 is 2.07 bits per heavy atom. The van der Waals surface area contributed by atoms with Crippen molar-refractivity contribution in [2.75, 3.05) is 0 Å². The summed E-state index contributed by atoms with van der Waals surface area (Å²) >= 11 is 0. The van der Waals surface area contributed by atoms with E-state index < -0.39 is 0 Å². The lowest BCUT2D eigenvalue weighted by Crippen LogP contribution is -2.04. The number of carbonyl (C=O) groups excluding carboxylic acids is 1. The van der Waals surface area contributed by atoms with Gasteiger partial charge in [0.2, 0.25) is 0 Å². The van der Waals surface area contributed by atoms with Crippen LogP contribution in [0.4, 0.5) is 0 Å². The first kappa shape index (κ1) is 9.44. The van der Waals surface area contributed by atoms with Gasteiger partial charge in [-0.05, 0) is 33.1 Å². The summed E-state index contributed by atoms with van der Waals surface area (Å²) in [6.07, 6.45) is 3.81. The zero-order valence-corrected chi connectivity index (χ0v) is 8.84. The van der Waals surface area contributed by atoms with E-state index in [4.69, 9.17) is 0 Å². The number of Topliss-reactive ketones (excluding diaryl/α,β-unsaturated/α-hetero) is 1. The molecular formula is C11H16N2O. The maximum Gasteiger partial charge on any atom is 0.183 e. The van der Waals surface area contributed by atoms with E-state index in [0.29, 0.717) is 6.42 Å². The molecule has 1 aliphatic rings. The molecule has 0 aromatic carbocycles. The van der Waals surface area contributed by atoms with Crippen molar-refractivity contribution in [3.05, 3.63) is 17.2 Å². The van der Waals surface area contributed by atoms with E-state index in [0.717, 1.165) is 43.0 Å². The van der Waals surface area contributed by atoms with Gasteiger partial charge in [0.25, 0.3) is 0 Å². The number of fused-ring (bicyclic) bond motifs is 1. The number of nitrogens with zero attached hydrogens (tertiary/aromatic N) is 2. The van der Waals surface area contributed by atoms with Crippen molar-refractivity contribution >= 4 is 5.78 Å². The lowest BCUT2D eigenvalue weighted by Gasteiger charge is -2.05. The van der Waals surface area contributed by atoms with Crippen LogP contribution in [0, 0.1) is 6.92 Å². The van der Waals surface area contributed by atoms with Crippen molar-refractivity contribution in [1.82, 2.24) is 9.55 Å². The minimum atomic E-state index is 0.229. The van der Waals surface area contributed by atoms with E-state index in [1.807, 2.05) is 6.92 Å². The third kappa shape index (κ3) is 1.37. The van der Waals surface area contributed by atoms with Gasteiger partial charge >= 0.3 is 0 Å². The summed E-state index contributed by atoms with van der Waals surface area (Å²) in [5, 5.41) is 0. The Hall–Kier alpha value is -1.12. The minimum Gasteiger partial charge on any atom is -0.332 e. The summed E-state index contributed by atoms with van der Waals surface area (Å²) < 4.78 is 2.17. The van der Waals surface area contributed by atoms with Crippen LogP contribution >= 0.6 is 0 Å². The van der Waals surface area contributed by atoms with Crippen molar-refractivity contribution in [1.29, 1.82) is 0 Å². The Balaban J connectivity index is 2.52. The fourth-order valence-corrected chi connectivity index (χ4v) is 2.20. The maximum absolute atomic E-state index is 11.7. The van der Waals surface area contributed by atoms with Gasteiger partial charge in [-0.1, -0.05) is 0 Å². The monoisotopic (exact) mass is 192 g/mol. The molecule has 0 saturated heterocycles. The molecule has 0 N–H and O–H groups in total. The van der Waals surface area contributed by atoms with Gasteiger partial charge in [-0.3, -0.25) is 4.79 Å². The Morgan fingerprint density at radius 3 is 2.79 bits per heavy atom. The Morgan fingerprint density at radius 1 is 1.36 bits per heavy atom. The fourth-order valence-electron chi connectivity index (χ4n) is 2.20. The van der Waals surface area contributed by atoms with Gasteiger partial charge in [0.1, 0.15) is 11.5 Å². The SMILES string of the molecule is CCn1c(C)nc2c1CCCCC2=O. The van der Waals surface area contributed by atoms with Crippen molar-refractivity contribution in [3.63, 3.8) is 0 Å². The number of hydrogen-bond donors (Lipinski definition) is 0. The van der Waals surface area contributed by atoms with Gasteiger partial charge in [-0.15, -0.1) is 0 Å². The standard InChI is InChI=1S/C11H16N2O/c1-3-13-8(2)12-11-9(13)6-4-5-7-10(11)14/h3-7H2,1-2H3. The summed E-state index contributed by atoms with van der Waals surface area (Å²) in [5.74, 6) is 1.21. The highest BCUT2D eigenvalue weighted by atomic mass is 16.1. The summed E-state index contributed by atoms with van der Waals surface area (Å²) in [5.41, 5.74) is 1.90. The quantitative estimate of drug-likeness (QED) is 0.639. The topological polar surface area (TPSA) is 34.9 Å². The molecule has 14 heavy (non-hydrogen) atoms. The lowest BCUT2D eigenvalue weighted by molar-refractivity contribution is 0.0977. The molecule has 0 fully saturated rings. The van der Waals surface area contributed by atoms with Crippen LogP contribution in [0.5, 0.6) is 0 Å². The average Bonchev–Trinajstić information content (AvgIpc) is 2.39. The zero-order chi connectivity index (χ0) is 10.1. The first-order valence-electron chi connectivity index (χ1n) is 5.33. The van der Waals surface area contributed by atoms with Crippen LogP contribution in [0.1, 0.15) is 48.2 Å².